The highest BCUT2D eigenvalue weighted by Crippen LogP contribution is 2.14. The summed E-state index contributed by atoms with van der Waals surface area (Å²) in [6.45, 7) is 4.25. The minimum Gasteiger partial charge on any atom is -0.355 e. The first-order chi connectivity index (χ1) is 9.94. The lowest BCUT2D eigenvalue weighted by atomic mass is 10.3. The van der Waals surface area contributed by atoms with Crippen molar-refractivity contribution in [3.8, 4) is 0 Å². The summed E-state index contributed by atoms with van der Waals surface area (Å²) in [6, 6.07) is -0.518. The molecule has 1 atom stereocenters. The Morgan fingerprint density at radius 1 is 1.33 bits per heavy atom. The second-order valence-electron chi connectivity index (χ2n) is 4.42. The molecule has 2 N–H and O–H groups in total. The summed E-state index contributed by atoms with van der Waals surface area (Å²) >= 11 is 0. The van der Waals surface area contributed by atoms with E-state index in [-0.39, 0.29) is 4.90 Å². The smallest absolute Gasteiger partial charge is 0.244 e. The van der Waals surface area contributed by atoms with Crippen LogP contribution in [0, 0.1) is 0 Å². The van der Waals surface area contributed by atoms with Gasteiger partial charge < -0.3 is 9.88 Å². The van der Waals surface area contributed by atoms with Crippen LogP contribution in [0.2, 0.25) is 0 Å². The van der Waals surface area contributed by atoms with Gasteiger partial charge in [-0.2, -0.15) is 0 Å². The maximum absolute atomic E-state index is 12.2. The SMILES string of the molecule is CCNc1ncc(S(=O)(=O)NC(C)c2nncn2C)cn1. The van der Waals surface area contributed by atoms with Gasteiger partial charge in [-0.15, -0.1) is 10.2 Å². The summed E-state index contributed by atoms with van der Waals surface area (Å²) in [5.41, 5.74) is 0. The number of rotatable bonds is 6. The third-order valence-electron chi connectivity index (χ3n) is 2.74. The molecule has 0 spiro atoms. The topological polar surface area (TPSA) is 115 Å². The molecule has 1 unspecified atom stereocenters. The van der Waals surface area contributed by atoms with Crippen LogP contribution in [-0.4, -0.2) is 39.7 Å². The average Bonchev–Trinajstić information content (AvgIpc) is 2.85. The lowest BCUT2D eigenvalue weighted by molar-refractivity contribution is 0.552. The zero-order valence-electron chi connectivity index (χ0n) is 12.0. The standard InChI is InChI=1S/C11H17N7O2S/c1-4-12-11-13-5-9(6-14-11)21(19,20)17-8(2)10-16-15-7-18(10)3/h5-8,17H,4H2,1-3H3,(H,12,13,14). The maximum Gasteiger partial charge on any atom is 0.244 e. The Labute approximate surface area is 122 Å². The van der Waals surface area contributed by atoms with Crippen LogP contribution in [0.15, 0.2) is 23.6 Å². The van der Waals surface area contributed by atoms with Gasteiger partial charge in [0.1, 0.15) is 17.0 Å². The van der Waals surface area contributed by atoms with Crippen LogP contribution in [0.4, 0.5) is 5.95 Å². The summed E-state index contributed by atoms with van der Waals surface area (Å²) in [4.78, 5) is 7.89. The Morgan fingerprint density at radius 2 is 2.00 bits per heavy atom. The maximum atomic E-state index is 12.2. The van der Waals surface area contributed by atoms with E-state index in [1.54, 1.807) is 18.5 Å². The lowest BCUT2D eigenvalue weighted by Gasteiger charge is -2.13. The highest BCUT2D eigenvalue weighted by Gasteiger charge is 2.21. The first-order valence-electron chi connectivity index (χ1n) is 6.36. The van der Waals surface area contributed by atoms with E-state index in [1.165, 1.54) is 18.7 Å². The number of nitrogens with one attached hydrogen (secondary N) is 2. The van der Waals surface area contributed by atoms with Gasteiger partial charge in [-0.1, -0.05) is 0 Å². The minimum atomic E-state index is -3.72. The van der Waals surface area contributed by atoms with Gasteiger partial charge in [-0.05, 0) is 13.8 Å². The van der Waals surface area contributed by atoms with Crippen molar-refractivity contribution in [1.82, 2.24) is 29.5 Å². The molecule has 0 aliphatic carbocycles. The van der Waals surface area contributed by atoms with Crippen molar-refractivity contribution in [1.29, 1.82) is 0 Å². The van der Waals surface area contributed by atoms with E-state index >= 15 is 0 Å². The number of nitrogens with zero attached hydrogens (tertiary/aromatic N) is 5. The first-order valence-corrected chi connectivity index (χ1v) is 7.84. The molecule has 9 nitrogen and oxygen atoms in total. The first kappa shape index (κ1) is 15.3. The van der Waals surface area contributed by atoms with Gasteiger partial charge in [0.25, 0.3) is 0 Å². The Hall–Kier alpha value is -2.07. The number of sulfonamides is 1. The van der Waals surface area contributed by atoms with Crippen LogP contribution in [0.25, 0.3) is 0 Å². The van der Waals surface area contributed by atoms with E-state index in [9.17, 15) is 8.42 Å². The Bertz CT molecular complexity index is 696. The predicted molar refractivity (Wildman–Crippen MR) is 75.9 cm³/mol. The molecule has 0 radical (unpaired) electrons. The van der Waals surface area contributed by atoms with Crippen molar-refractivity contribution in [3.05, 3.63) is 24.5 Å². The van der Waals surface area contributed by atoms with E-state index in [4.69, 9.17) is 0 Å². The minimum absolute atomic E-state index is 0.00169. The van der Waals surface area contributed by atoms with Gasteiger partial charge in [0, 0.05) is 13.6 Å². The van der Waals surface area contributed by atoms with Crippen LogP contribution in [-0.2, 0) is 17.1 Å². The van der Waals surface area contributed by atoms with E-state index < -0.39 is 16.1 Å². The van der Waals surface area contributed by atoms with Crippen LogP contribution in [0.5, 0.6) is 0 Å². The highest BCUT2D eigenvalue weighted by molar-refractivity contribution is 7.89. The van der Waals surface area contributed by atoms with Crippen LogP contribution < -0.4 is 10.0 Å². The molecular weight excluding hydrogens is 294 g/mol. The van der Waals surface area contributed by atoms with Gasteiger partial charge in [-0.25, -0.2) is 23.1 Å². The third kappa shape index (κ3) is 3.52. The second kappa shape index (κ2) is 6.14. The molecule has 114 valence electrons. The summed E-state index contributed by atoms with van der Waals surface area (Å²) < 4.78 is 28.7. The normalized spacial score (nSPS) is 13.1. The quantitative estimate of drug-likeness (QED) is 0.776. The van der Waals surface area contributed by atoms with E-state index in [0.29, 0.717) is 18.3 Å². The molecule has 10 heteroatoms. The van der Waals surface area contributed by atoms with Gasteiger partial charge in [0.15, 0.2) is 0 Å². The molecule has 0 bridgehead atoms. The number of aryl methyl sites for hydroxylation is 1. The summed E-state index contributed by atoms with van der Waals surface area (Å²) in [7, 11) is -1.97. The predicted octanol–water partition coefficient (Wildman–Crippen LogP) is 0.0764. The molecule has 2 heterocycles. The fourth-order valence-electron chi connectivity index (χ4n) is 1.74. The number of hydrogen-bond donors (Lipinski definition) is 2. The van der Waals surface area contributed by atoms with Crippen molar-refractivity contribution in [2.75, 3.05) is 11.9 Å². The zero-order chi connectivity index (χ0) is 15.5. The van der Waals surface area contributed by atoms with Crippen molar-refractivity contribution in [3.63, 3.8) is 0 Å². The van der Waals surface area contributed by atoms with Crippen molar-refractivity contribution in [2.24, 2.45) is 7.05 Å². The van der Waals surface area contributed by atoms with Crippen LogP contribution in [0.1, 0.15) is 25.7 Å². The fourth-order valence-corrected chi connectivity index (χ4v) is 2.83. The van der Waals surface area contributed by atoms with Crippen molar-refractivity contribution in [2.45, 2.75) is 24.8 Å². The zero-order valence-corrected chi connectivity index (χ0v) is 12.8. The molecule has 0 aromatic carbocycles. The highest BCUT2D eigenvalue weighted by atomic mass is 32.2. The van der Waals surface area contributed by atoms with Crippen LogP contribution in [0.3, 0.4) is 0 Å². The summed E-state index contributed by atoms with van der Waals surface area (Å²) in [5, 5.41) is 10.5. The van der Waals surface area contributed by atoms with Gasteiger partial charge in [-0.3, -0.25) is 0 Å². The van der Waals surface area contributed by atoms with Gasteiger partial charge in [0.05, 0.1) is 18.4 Å². The number of anilines is 1. The van der Waals surface area contributed by atoms with E-state index in [2.05, 4.69) is 30.2 Å². The second-order valence-corrected chi connectivity index (χ2v) is 6.13. The molecule has 0 saturated heterocycles. The Kier molecular flexibility index (Phi) is 4.48. The van der Waals surface area contributed by atoms with Gasteiger partial charge in [0.2, 0.25) is 16.0 Å². The number of hydrogen-bond acceptors (Lipinski definition) is 7. The molecule has 2 aromatic rings. The van der Waals surface area contributed by atoms with Gasteiger partial charge >= 0.3 is 0 Å². The molecule has 0 fully saturated rings. The molecule has 0 aliphatic heterocycles. The lowest BCUT2D eigenvalue weighted by Crippen LogP contribution is -2.28. The summed E-state index contributed by atoms with van der Waals surface area (Å²) in [6.07, 6.45) is 4.03. The molecule has 0 saturated carbocycles. The third-order valence-corrected chi connectivity index (χ3v) is 4.23. The molecule has 0 amide bonds. The fraction of sp³-hybridized carbons (Fsp3) is 0.455. The Balaban J connectivity index is 2.16. The number of aromatic nitrogens is 5. The van der Waals surface area contributed by atoms with Crippen LogP contribution >= 0.6 is 0 Å². The van der Waals surface area contributed by atoms with E-state index in [1.807, 2.05) is 6.92 Å². The average molecular weight is 311 g/mol. The molecule has 2 aromatic heterocycles. The van der Waals surface area contributed by atoms with Crippen molar-refractivity contribution >= 4 is 16.0 Å². The molecule has 2 rings (SSSR count). The van der Waals surface area contributed by atoms with E-state index in [0.717, 1.165) is 0 Å². The van der Waals surface area contributed by atoms with Crippen molar-refractivity contribution < 1.29 is 8.42 Å². The largest absolute Gasteiger partial charge is 0.355 e. The monoisotopic (exact) mass is 311 g/mol. The molecule has 21 heavy (non-hydrogen) atoms. The molecular formula is C11H17N7O2S. The Morgan fingerprint density at radius 3 is 2.52 bits per heavy atom. The molecule has 0 aliphatic rings. The summed E-state index contributed by atoms with van der Waals surface area (Å²) in [5.74, 6) is 0.904.